The molecule has 1 aromatic rings. The van der Waals surface area contributed by atoms with Gasteiger partial charge in [-0.2, -0.15) is 5.26 Å². The molecule has 0 amide bonds. The largest absolute Gasteiger partial charge is 0.395 e. The van der Waals surface area contributed by atoms with Crippen LogP contribution in [-0.2, 0) is 0 Å². The normalized spacial score (nSPS) is 17.0. The smallest absolute Gasteiger partial charge is 0.143 e. The molecule has 102 valence electrons. The molecule has 2 rings (SSSR count). The molecule has 5 heteroatoms. The molecule has 0 aromatic heterocycles. The quantitative estimate of drug-likeness (QED) is 0.890. The second kappa shape index (κ2) is 6.50. The van der Waals surface area contributed by atoms with E-state index in [1.54, 1.807) is 12.1 Å². The van der Waals surface area contributed by atoms with Crippen molar-refractivity contribution in [1.29, 1.82) is 5.26 Å². The van der Waals surface area contributed by atoms with Crippen molar-refractivity contribution in [3.8, 4) is 6.07 Å². The third-order valence-electron chi connectivity index (χ3n) is 3.45. The van der Waals surface area contributed by atoms with Gasteiger partial charge in [0.1, 0.15) is 17.4 Å². The Morgan fingerprint density at radius 1 is 1.26 bits per heavy atom. The molecule has 0 unspecified atom stereocenters. The zero-order chi connectivity index (χ0) is 13.7. The molecule has 0 bridgehead atoms. The van der Waals surface area contributed by atoms with Crippen molar-refractivity contribution in [2.75, 3.05) is 44.2 Å². The minimum absolute atomic E-state index is 0.123. The van der Waals surface area contributed by atoms with Crippen molar-refractivity contribution >= 4 is 5.69 Å². The number of β-amino-alcohol motifs (C(OH)–C–C–N with tert-alkyl or cyclic N) is 1. The second-order valence-electron chi connectivity index (χ2n) is 4.65. The highest BCUT2D eigenvalue weighted by Crippen LogP contribution is 2.23. The van der Waals surface area contributed by atoms with E-state index in [0.717, 1.165) is 32.6 Å². The van der Waals surface area contributed by atoms with Crippen LogP contribution in [0.4, 0.5) is 10.1 Å². The van der Waals surface area contributed by atoms with Gasteiger partial charge in [0.05, 0.1) is 12.3 Å². The van der Waals surface area contributed by atoms with Gasteiger partial charge in [-0.15, -0.1) is 0 Å². The van der Waals surface area contributed by atoms with Crippen LogP contribution in [0.25, 0.3) is 0 Å². The molecule has 1 fully saturated rings. The van der Waals surface area contributed by atoms with Crippen LogP contribution in [0.1, 0.15) is 12.0 Å². The van der Waals surface area contributed by atoms with Gasteiger partial charge in [0.15, 0.2) is 0 Å². The second-order valence-corrected chi connectivity index (χ2v) is 4.65. The third-order valence-corrected chi connectivity index (χ3v) is 3.45. The van der Waals surface area contributed by atoms with Crippen molar-refractivity contribution in [3.05, 3.63) is 29.6 Å². The number of hydrogen-bond acceptors (Lipinski definition) is 4. The van der Waals surface area contributed by atoms with Gasteiger partial charge in [-0.05, 0) is 25.1 Å². The monoisotopic (exact) mass is 263 g/mol. The van der Waals surface area contributed by atoms with E-state index in [2.05, 4.69) is 9.80 Å². The summed E-state index contributed by atoms with van der Waals surface area (Å²) in [5.74, 6) is -0.462. The number of aliphatic hydroxyl groups excluding tert-OH is 1. The van der Waals surface area contributed by atoms with E-state index in [0.29, 0.717) is 12.2 Å². The summed E-state index contributed by atoms with van der Waals surface area (Å²) >= 11 is 0. The summed E-state index contributed by atoms with van der Waals surface area (Å²) < 4.78 is 13.6. The average molecular weight is 263 g/mol. The number of aliphatic hydroxyl groups is 1. The van der Waals surface area contributed by atoms with E-state index in [4.69, 9.17) is 10.4 Å². The molecule has 0 spiro atoms. The van der Waals surface area contributed by atoms with Crippen LogP contribution in [0.2, 0.25) is 0 Å². The summed E-state index contributed by atoms with van der Waals surface area (Å²) in [7, 11) is 0. The molecular formula is C14H18FN3O. The average Bonchev–Trinajstić information content (AvgIpc) is 2.64. The van der Waals surface area contributed by atoms with E-state index in [1.165, 1.54) is 6.07 Å². The first-order valence-corrected chi connectivity index (χ1v) is 6.53. The molecule has 4 nitrogen and oxygen atoms in total. The van der Waals surface area contributed by atoms with E-state index in [1.807, 2.05) is 6.07 Å². The minimum Gasteiger partial charge on any atom is -0.395 e. The predicted molar refractivity (Wildman–Crippen MR) is 71.5 cm³/mol. The Labute approximate surface area is 112 Å². The van der Waals surface area contributed by atoms with Gasteiger partial charge in [0.2, 0.25) is 0 Å². The lowest BCUT2D eigenvalue weighted by atomic mass is 10.1. The fourth-order valence-electron chi connectivity index (χ4n) is 2.46. The zero-order valence-corrected chi connectivity index (χ0v) is 10.8. The van der Waals surface area contributed by atoms with Gasteiger partial charge in [0.25, 0.3) is 0 Å². The van der Waals surface area contributed by atoms with Crippen LogP contribution in [0.3, 0.4) is 0 Å². The molecule has 1 aromatic carbocycles. The van der Waals surface area contributed by atoms with Gasteiger partial charge in [-0.3, -0.25) is 4.90 Å². The minimum atomic E-state index is -0.462. The molecule has 0 aliphatic carbocycles. The molecule has 1 aliphatic heterocycles. The summed E-state index contributed by atoms with van der Waals surface area (Å²) in [6.45, 7) is 4.12. The summed E-state index contributed by atoms with van der Waals surface area (Å²) in [5, 5.41) is 18.0. The van der Waals surface area contributed by atoms with Crippen LogP contribution in [-0.4, -0.2) is 49.3 Å². The van der Waals surface area contributed by atoms with E-state index in [9.17, 15) is 4.39 Å². The summed E-state index contributed by atoms with van der Waals surface area (Å²) in [5.41, 5.74) is 0.798. The lowest BCUT2D eigenvalue weighted by molar-refractivity contribution is 0.204. The molecule has 1 saturated heterocycles. The Bertz CT molecular complexity index is 472. The molecular weight excluding hydrogens is 245 g/mol. The topological polar surface area (TPSA) is 50.5 Å². The lowest BCUT2D eigenvalue weighted by Crippen LogP contribution is -2.32. The van der Waals surface area contributed by atoms with E-state index < -0.39 is 5.82 Å². The predicted octanol–water partition coefficient (Wildman–Crippen LogP) is 1.20. The Balaban J connectivity index is 2.15. The molecule has 1 N–H and O–H groups in total. The van der Waals surface area contributed by atoms with E-state index >= 15 is 0 Å². The molecule has 1 aliphatic rings. The number of nitrogens with zero attached hydrogens (tertiary/aromatic N) is 3. The van der Waals surface area contributed by atoms with Crippen LogP contribution in [0, 0.1) is 17.1 Å². The molecule has 0 radical (unpaired) electrons. The molecule has 1 heterocycles. The molecule has 0 atom stereocenters. The highest BCUT2D eigenvalue weighted by molar-refractivity contribution is 5.59. The van der Waals surface area contributed by atoms with Crippen molar-refractivity contribution in [3.63, 3.8) is 0 Å². The standard InChI is InChI=1S/C14H18FN3O/c15-13-3-1-4-14(12(13)11-16)18-6-2-5-17(7-8-18)9-10-19/h1,3-4,19H,2,5-10H2. The van der Waals surface area contributed by atoms with Crippen LogP contribution in [0.5, 0.6) is 0 Å². The fraction of sp³-hybridized carbons (Fsp3) is 0.500. The Morgan fingerprint density at radius 2 is 2.11 bits per heavy atom. The number of anilines is 1. The maximum Gasteiger partial charge on any atom is 0.143 e. The van der Waals surface area contributed by atoms with E-state index in [-0.39, 0.29) is 12.2 Å². The maximum absolute atomic E-state index is 13.6. The third kappa shape index (κ3) is 3.22. The van der Waals surface area contributed by atoms with Gasteiger partial charge < -0.3 is 10.0 Å². The van der Waals surface area contributed by atoms with Crippen LogP contribution in [0.15, 0.2) is 18.2 Å². The molecule has 19 heavy (non-hydrogen) atoms. The Kier molecular flexibility index (Phi) is 4.72. The highest BCUT2D eigenvalue weighted by Gasteiger charge is 2.18. The Hall–Kier alpha value is -1.64. The van der Waals surface area contributed by atoms with Gasteiger partial charge in [0, 0.05) is 26.2 Å². The van der Waals surface area contributed by atoms with Crippen LogP contribution < -0.4 is 4.90 Å². The molecule has 0 saturated carbocycles. The number of rotatable bonds is 3. The van der Waals surface area contributed by atoms with Crippen molar-refractivity contribution in [2.24, 2.45) is 0 Å². The van der Waals surface area contributed by atoms with Gasteiger partial charge >= 0.3 is 0 Å². The van der Waals surface area contributed by atoms with Crippen molar-refractivity contribution in [2.45, 2.75) is 6.42 Å². The summed E-state index contributed by atoms with van der Waals surface area (Å²) in [4.78, 5) is 4.24. The first-order chi connectivity index (χ1) is 9.26. The highest BCUT2D eigenvalue weighted by atomic mass is 19.1. The lowest BCUT2D eigenvalue weighted by Gasteiger charge is -2.24. The number of hydrogen-bond donors (Lipinski definition) is 1. The van der Waals surface area contributed by atoms with Crippen molar-refractivity contribution < 1.29 is 9.50 Å². The van der Waals surface area contributed by atoms with Crippen molar-refractivity contribution in [1.82, 2.24) is 4.90 Å². The summed E-state index contributed by atoms with van der Waals surface area (Å²) in [6, 6.07) is 6.70. The first-order valence-electron chi connectivity index (χ1n) is 6.53. The number of benzene rings is 1. The zero-order valence-electron chi connectivity index (χ0n) is 10.8. The van der Waals surface area contributed by atoms with Gasteiger partial charge in [-0.25, -0.2) is 4.39 Å². The van der Waals surface area contributed by atoms with Crippen LogP contribution >= 0.6 is 0 Å². The fourth-order valence-corrected chi connectivity index (χ4v) is 2.46. The number of halogens is 1. The maximum atomic E-state index is 13.6. The SMILES string of the molecule is N#Cc1c(F)cccc1N1CCCN(CCO)CC1. The summed E-state index contributed by atoms with van der Waals surface area (Å²) in [6.07, 6.45) is 0.946. The first kappa shape index (κ1) is 13.8. The number of nitriles is 1. The van der Waals surface area contributed by atoms with Gasteiger partial charge in [-0.1, -0.05) is 6.07 Å². The Morgan fingerprint density at radius 3 is 2.84 bits per heavy atom.